The van der Waals surface area contributed by atoms with Gasteiger partial charge >= 0.3 is 0 Å². The molecule has 2 aromatic rings. The van der Waals surface area contributed by atoms with Gasteiger partial charge in [-0.2, -0.15) is 4.98 Å². The Labute approximate surface area is 154 Å². The summed E-state index contributed by atoms with van der Waals surface area (Å²) in [4.78, 5) is 15.6. The summed E-state index contributed by atoms with van der Waals surface area (Å²) in [7, 11) is 0. The zero-order chi connectivity index (χ0) is 18.2. The van der Waals surface area contributed by atoms with Gasteiger partial charge < -0.3 is 15.2 Å². The molecule has 1 fully saturated rings. The van der Waals surface area contributed by atoms with Crippen LogP contribution in [0.2, 0.25) is 0 Å². The minimum Gasteiger partial charge on any atom is -0.357 e. The van der Waals surface area contributed by atoms with Gasteiger partial charge in [-0.05, 0) is 31.9 Å². The lowest BCUT2D eigenvalue weighted by molar-refractivity contribution is 0.196. The summed E-state index contributed by atoms with van der Waals surface area (Å²) < 4.78 is 4.99. The van der Waals surface area contributed by atoms with Crippen molar-refractivity contribution in [3.8, 4) is 0 Å². The molecule has 1 saturated heterocycles. The minimum atomic E-state index is 0.408. The number of rotatable bonds is 6. The maximum Gasteiger partial charge on any atom is 0.223 e. The number of aryl methyl sites for hydroxylation is 1. The Bertz CT molecular complexity index is 693. The second-order valence-electron chi connectivity index (χ2n) is 6.44. The molecule has 0 aromatic carbocycles. The highest BCUT2D eigenvalue weighted by molar-refractivity contribution is 5.80. The molecule has 2 N–H and O–H groups in total. The molecule has 140 valence electrons. The molecule has 3 rings (SSSR count). The van der Waals surface area contributed by atoms with Crippen LogP contribution in [0.15, 0.2) is 33.9 Å². The lowest BCUT2D eigenvalue weighted by atomic mass is 10.0. The molecule has 0 saturated carbocycles. The molecular weight excluding hydrogens is 330 g/mol. The van der Waals surface area contributed by atoms with Crippen LogP contribution in [0.1, 0.15) is 37.2 Å². The number of nitrogens with zero attached hydrogens (tertiary/aromatic N) is 5. The molecule has 8 nitrogen and oxygen atoms in total. The normalized spacial score (nSPS) is 16.6. The standard InChI is InChI=1S/C18H27N7O/c1-3-19-18(21-12-17-22-14(2)26-24-17)23-15-7-10-25(11-8-15)13-16-6-4-5-9-20-16/h4-6,9,15H,3,7-8,10-13H2,1-2H3,(H2,19,21,23). The van der Waals surface area contributed by atoms with Crippen molar-refractivity contribution in [3.05, 3.63) is 41.8 Å². The summed E-state index contributed by atoms with van der Waals surface area (Å²) in [5, 5.41) is 10.7. The molecule has 2 aromatic heterocycles. The Morgan fingerprint density at radius 2 is 2.19 bits per heavy atom. The maximum atomic E-state index is 4.99. The van der Waals surface area contributed by atoms with E-state index in [1.807, 2.05) is 18.3 Å². The zero-order valence-corrected chi connectivity index (χ0v) is 15.5. The first kappa shape index (κ1) is 18.3. The fraction of sp³-hybridized carbons (Fsp3) is 0.556. The average Bonchev–Trinajstić information content (AvgIpc) is 3.08. The second-order valence-corrected chi connectivity index (χ2v) is 6.44. The van der Waals surface area contributed by atoms with Crippen LogP contribution in [-0.4, -0.2) is 51.7 Å². The first-order chi connectivity index (χ1) is 12.7. The predicted molar refractivity (Wildman–Crippen MR) is 99.5 cm³/mol. The number of likely N-dealkylation sites (tertiary alicyclic amines) is 1. The van der Waals surface area contributed by atoms with Gasteiger partial charge in [-0.3, -0.25) is 9.88 Å². The molecule has 0 aliphatic carbocycles. The molecular formula is C18H27N7O. The topological polar surface area (TPSA) is 91.5 Å². The van der Waals surface area contributed by atoms with Gasteiger partial charge in [-0.15, -0.1) is 0 Å². The molecule has 0 atom stereocenters. The molecule has 0 unspecified atom stereocenters. The van der Waals surface area contributed by atoms with E-state index in [-0.39, 0.29) is 0 Å². The van der Waals surface area contributed by atoms with Crippen molar-refractivity contribution in [2.24, 2.45) is 4.99 Å². The van der Waals surface area contributed by atoms with Crippen molar-refractivity contribution >= 4 is 5.96 Å². The number of guanidine groups is 1. The van der Waals surface area contributed by atoms with Gasteiger partial charge in [0.2, 0.25) is 5.89 Å². The van der Waals surface area contributed by atoms with Gasteiger partial charge in [0.25, 0.3) is 0 Å². The highest BCUT2D eigenvalue weighted by atomic mass is 16.5. The molecule has 26 heavy (non-hydrogen) atoms. The Morgan fingerprint density at radius 1 is 1.35 bits per heavy atom. The Kier molecular flexibility index (Phi) is 6.54. The summed E-state index contributed by atoms with van der Waals surface area (Å²) >= 11 is 0. The average molecular weight is 357 g/mol. The number of aliphatic imine (C=N–C) groups is 1. The van der Waals surface area contributed by atoms with E-state index in [0.29, 0.717) is 24.3 Å². The molecule has 8 heteroatoms. The van der Waals surface area contributed by atoms with E-state index in [2.05, 4.69) is 48.6 Å². The summed E-state index contributed by atoms with van der Waals surface area (Å²) in [5.41, 5.74) is 1.13. The number of hydrogen-bond donors (Lipinski definition) is 2. The zero-order valence-electron chi connectivity index (χ0n) is 15.5. The molecule has 0 spiro atoms. The molecule has 3 heterocycles. The smallest absolute Gasteiger partial charge is 0.223 e. The first-order valence-corrected chi connectivity index (χ1v) is 9.19. The van der Waals surface area contributed by atoms with Crippen LogP contribution in [0.3, 0.4) is 0 Å². The van der Waals surface area contributed by atoms with Gasteiger partial charge in [0.05, 0.1) is 5.69 Å². The number of pyridine rings is 1. The lowest BCUT2D eigenvalue weighted by Crippen LogP contribution is -2.48. The number of piperidine rings is 1. The van der Waals surface area contributed by atoms with Crippen LogP contribution >= 0.6 is 0 Å². The van der Waals surface area contributed by atoms with Crippen molar-refractivity contribution in [1.82, 2.24) is 30.7 Å². The van der Waals surface area contributed by atoms with Crippen LogP contribution in [-0.2, 0) is 13.1 Å². The summed E-state index contributed by atoms with van der Waals surface area (Å²) in [6.45, 7) is 8.09. The van der Waals surface area contributed by atoms with Gasteiger partial charge in [-0.1, -0.05) is 11.2 Å². The highest BCUT2D eigenvalue weighted by Crippen LogP contribution is 2.13. The van der Waals surface area contributed by atoms with E-state index < -0.39 is 0 Å². The van der Waals surface area contributed by atoms with E-state index in [1.165, 1.54) is 0 Å². The van der Waals surface area contributed by atoms with E-state index in [9.17, 15) is 0 Å². The Hall–Kier alpha value is -2.48. The van der Waals surface area contributed by atoms with Gasteiger partial charge in [0.1, 0.15) is 6.54 Å². The van der Waals surface area contributed by atoms with E-state index in [0.717, 1.165) is 50.7 Å². The Balaban J connectivity index is 1.47. The number of aromatic nitrogens is 3. The molecule has 1 aliphatic heterocycles. The largest absolute Gasteiger partial charge is 0.357 e. The summed E-state index contributed by atoms with van der Waals surface area (Å²) in [5.74, 6) is 1.97. The quantitative estimate of drug-likeness (QED) is 0.598. The van der Waals surface area contributed by atoms with Crippen LogP contribution in [0.4, 0.5) is 0 Å². The van der Waals surface area contributed by atoms with Crippen LogP contribution in [0.5, 0.6) is 0 Å². The fourth-order valence-electron chi connectivity index (χ4n) is 3.02. The van der Waals surface area contributed by atoms with Crippen molar-refractivity contribution in [3.63, 3.8) is 0 Å². The third-order valence-corrected chi connectivity index (χ3v) is 4.33. The van der Waals surface area contributed by atoms with Crippen LogP contribution in [0, 0.1) is 6.92 Å². The molecule has 0 bridgehead atoms. The summed E-state index contributed by atoms with van der Waals surface area (Å²) in [6.07, 6.45) is 4.02. The third-order valence-electron chi connectivity index (χ3n) is 4.33. The predicted octanol–water partition coefficient (Wildman–Crippen LogP) is 1.49. The van der Waals surface area contributed by atoms with Crippen molar-refractivity contribution in [2.45, 2.75) is 45.8 Å². The lowest BCUT2D eigenvalue weighted by Gasteiger charge is -2.32. The molecule has 1 aliphatic rings. The maximum absolute atomic E-state index is 4.99. The van der Waals surface area contributed by atoms with Gasteiger partial charge in [-0.25, -0.2) is 4.99 Å². The molecule has 0 amide bonds. The van der Waals surface area contributed by atoms with Gasteiger partial charge in [0.15, 0.2) is 11.8 Å². The monoisotopic (exact) mass is 357 g/mol. The number of hydrogen-bond acceptors (Lipinski definition) is 6. The van der Waals surface area contributed by atoms with E-state index >= 15 is 0 Å². The SMILES string of the molecule is CCNC(=NCc1noc(C)n1)NC1CCN(Cc2ccccn2)CC1. The second kappa shape index (κ2) is 9.28. The highest BCUT2D eigenvalue weighted by Gasteiger charge is 2.20. The summed E-state index contributed by atoms with van der Waals surface area (Å²) in [6, 6.07) is 6.50. The van der Waals surface area contributed by atoms with Crippen molar-refractivity contribution in [2.75, 3.05) is 19.6 Å². The fourth-order valence-corrected chi connectivity index (χ4v) is 3.02. The van der Waals surface area contributed by atoms with Crippen LogP contribution in [0.25, 0.3) is 0 Å². The van der Waals surface area contributed by atoms with Crippen molar-refractivity contribution in [1.29, 1.82) is 0 Å². The molecule has 0 radical (unpaired) electrons. The minimum absolute atomic E-state index is 0.408. The van der Waals surface area contributed by atoms with Crippen molar-refractivity contribution < 1.29 is 4.52 Å². The van der Waals surface area contributed by atoms with E-state index in [1.54, 1.807) is 6.92 Å². The van der Waals surface area contributed by atoms with E-state index in [4.69, 9.17) is 4.52 Å². The van der Waals surface area contributed by atoms with Gasteiger partial charge in [0, 0.05) is 45.3 Å². The first-order valence-electron chi connectivity index (χ1n) is 9.19. The number of nitrogens with one attached hydrogen (secondary N) is 2. The van der Waals surface area contributed by atoms with Crippen LogP contribution < -0.4 is 10.6 Å². The third kappa shape index (κ3) is 5.52. The Morgan fingerprint density at radius 3 is 2.85 bits per heavy atom.